The maximum atomic E-state index is 4.97. The summed E-state index contributed by atoms with van der Waals surface area (Å²) in [5.41, 5.74) is 5.99. The number of anilines is 1. The summed E-state index contributed by atoms with van der Waals surface area (Å²) in [7, 11) is 0. The van der Waals surface area contributed by atoms with Gasteiger partial charge in [-0.3, -0.25) is 5.10 Å². The van der Waals surface area contributed by atoms with E-state index in [0.717, 1.165) is 50.3 Å². The number of hydrogen-bond acceptors (Lipinski definition) is 4. The average Bonchev–Trinajstić information content (AvgIpc) is 3.42. The highest BCUT2D eigenvalue weighted by atomic mass is 15.2. The van der Waals surface area contributed by atoms with Gasteiger partial charge in [-0.25, -0.2) is 4.99 Å². The van der Waals surface area contributed by atoms with Crippen LogP contribution < -0.4 is 5.32 Å². The average molecular weight is 394 g/mol. The Kier molecular flexibility index (Phi) is 4.44. The quantitative estimate of drug-likeness (QED) is 0.423. The number of H-pyrrole nitrogens is 2. The lowest BCUT2D eigenvalue weighted by Gasteiger charge is -2.27. The molecule has 0 saturated carbocycles. The van der Waals surface area contributed by atoms with E-state index in [4.69, 9.17) is 4.99 Å². The van der Waals surface area contributed by atoms with Gasteiger partial charge < -0.3 is 15.2 Å². The van der Waals surface area contributed by atoms with Gasteiger partial charge in [0.05, 0.1) is 23.1 Å². The predicted molar refractivity (Wildman–Crippen MR) is 124 cm³/mol. The Morgan fingerprint density at radius 2 is 1.93 bits per heavy atom. The van der Waals surface area contributed by atoms with Gasteiger partial charge in [0, 0.05) is 46.1 Å². The molecule has 2 aromatic heterocycles. The first-order valence-electron chi connectivity index (χ1n) is 9.91. The van der Waals surface area contributed by atoms with Gasteiger partial charge >= 0.3 is 0 Å². The molecule has 0 radical (unpaired) electrons. The van der Waals surface area contributed by atoms with Crippen LogP contribution in [0.2, 0.25) is 0 Å². The van der Waals surface area contributed by atoms with Gasteiger partial charge in [-0.15, -0.1) is 0 Å². The molecule has 0 unspecified atom stereocenters. The van der Waals surface area contributed by atoms with Crippen molar-refractivity contribution in [2.24, 2.45) is 4.99 Å². The molecule has 0 spiro atoms. The third kappa shape index (κ3) is 3.18. The molecule has 0 fully saturated rings. The van der Waals surface area contributed by atoms with Gasteiger partial charge in [-0.05, 0) is 44.2 Å². The summed E-state index contributed by atoms with van der Waals surface area (Å²) >= 11 is 0. The molecule has 1 aliphatic heterocycles. The molecule has 1 aliphatic rings. The minimum atomic E-state index is 0.799. The first-order chi connectivity index (χ1) is 14.7. The van der Waals surface area contributed by atoms with Crippen LogP contribution in [0.5, 0.6) is 0 Å². The maximum Gasteiger partial charge on any atom is 0.155 e. The summed E-state index contributed by atoms with van der Waals surface area (Å²) < 4.78 is 0. The predicted octanol–water partition coefficient (Wildman–Crippen LogP) is 5.61. The van der Waals surface area contributed by atoms with E-state index in [-0.39, 0.29) is 0 Å². The minimum absolute atomic E-state index is 0.799. The van der Waals surface area contributed by atoms with Crippen molar-refractivity contribution in [3.05, 3.63) is 90.7 Å². The van der Waals surface area contributed by atoms with Crippen LogP contribution in [-0.4, -0.2) is 25.9 Å². The summed E-state index contributed by atoms with van der Waals surface area (Å²) in [4.78, 5) is 10.3. The zero-order valence-electron chi connectivity index (χ0n) is 16.8. The number of nitrogens with one attached hydrogen (secondary N) is 3. The fourth-order valence-electron chi connectivity index (χ4n) is 3.70. The number of amidine groups is 1. The molecule has 6 heteroatoms. The highest BCUT2D eigenvalue weighted by Crippen LogP contribution is 2.28. The highest BCUT2D eigenvalue weighted by molar-refractivity contribution is 6.11. The number of aromatic amines is 2. The molecule has 0 amide bonds. The van der Waals surface area contributed by atoms with E-state index < -0.39 is 0 Å². The summed E-state index contributed by atoms with van der Waals surface area (Å²) in [5, 5.41) is 12.9. The topological polar surface area (TPSA) is 72.1 Å². The molecule has 5 rings (SSSR count). The Bertz CT molecular complexity index is 1350. The summed E-state index contributed by atoms with van der Waals surface area (Å²) in [6.45, 7) is 4.03. The van der Waals surface area contributed by atoms with Crippen molar-refractivity contribution < 1.29 is 0 Å². The van der Waals surface area contributed by atoms with E-state index in [0.29, 0.717) is 0 Å². The number of allylic oxidation sites excluding steroid dienone is 2. The lowest BCUT2D eigenvalue weighted by atomic mass is 10.1. The van der Waals surface area contributed by atoms with Crippen LogP contribution in [0.25, 0.3) is 27.5 Å². The van der Waals surface area contributed by atoms with Gasteiger partial charge in [0.1, 0.15) is 0 Å². The fourth-order valence-corrected chi connectivity index (χ4v) is 3.70. The number of aromatic nitrogens is 3. The van der Waals surface area contributed by atoms with E-state index in [1.54, 1.807) is 0 Å². The Hall–Kier alpha value is -4.06. The van der Waals surface area contributed by atoms with Crippen LogP contribution in [0.15, 0.2) is 90.1 Å². The minimum Gasteiger partial charge on any atom is -0.361 e. The van der Waals surface area contributed by atoms with E-state index >= 15 is 0 Å². The van der Waals surface area contributed by atoms with Crippen molar-refractivity contribution in [1.29, 1.82) is 0 Å². The molecule has 4 aromatic rings. The molecule has 0 bridgehead atoms. The second kappa shape index (κ2) is 7.40. The van der Waals surface area contributed by atoms with Crippen molar-refractivity contribution in [3.63, 3.8) is 0 Å². The molecule has 3 N–H and O–H groups in total. The second-order valence-corrected chi connectivity index (χ2v) is 7.12. The number of hydrogen-bond donors (Lipinski definition) is 3. The van der Waals surface area contributed by atoms with E-state index in [9.17, 15) is 0 Å². The monoisotopic (exact) mass is 394 g/mol. The van der Waals surface area contributed by atoms with Gasteiger partial charge in [0.2, 0.25) is 0 Å². The molecule has 0 atom stereocenters. The number of fused-ring (bicyclic) bond motifs is 2. The smallest absolute Gasteiger partial charge is 0.155 e. The second-order valence-electron chi connectivity index (χ2n) is 7.12. The SMILES string of the molecule is CC=C1C(Nc2ccc3[nH]ccc3c2)=NC(c2ccc3cn[nH]c3c2)=CN1/C=C\C. The highest BCUT2D eigenvalue weighted by Gasteiger charge is 2.20. The van der Waals surface area contributed by atoms with Gasteiger partial charge in [0.25, 0.3) is 0 Å². The summed E-state index contributed by atoms with van der Waals surface area (Å²) in [6, 6.07) is 14.5. The molecule has 2 aromatic carbocycles. The molecular weight excluding hydrogens is 372 g/mol. The molecule has 30 heavy (non-hydrogen) atoms. The van der Waals surface area contributed by atoms with Crippen molar-refractivity contribution >= 4 is 39.0 Å². The van der Waals surface area contributed by atoms with Crippen LogP contribution in [0.4, 0.5) is 5.69 Å². The van der Waals surface area contributed by atoms with Crippen LogP contribution in [-0.2, 0) is 0 Å². The molecule has 3 heterocycles. The summed E-state index contributed by atoms with van der Waals surface area (Å²) in [5.74, 6) is 0.799. The Morgan fingerprint density at radius 3 is 2.80 bits per heavy atom. The van der Waals surface area contributed by atoms with E-state index in [2.05, 4.69) is 73.9 Å². The molecular formula is C24H22N6. The van der Waals surface area contributed by atoms with Crippen LogP contribution in [0.1, 0.15) is 19.4 Å². The molecule has 6 nitrogen and oxygen atoms in total. The Balaban J connectivity index is 1.57. The zero-order valence-corrected chi connectivity index (χ0v) is 16.8. The number of nitrogens with zero attached hydrogens (tertiary/aromatic N) is 3. The van der Waals surface area contributed by atoms with Crippen molar-refractivity contribution in [1.82, 2.24) is 20.1 Å². The molecule has 148 valence electrons. The lowest BCUT2D eigenvalue weighted by Crippen LogP contribution is -2.27. The summed E-state index contributed by atoms with van der Waals surface area (Å²) in [6.07, 6.45) is 11.9. The van der Waals surface area contributed by atoms with Crippen molar-refractivity contribution in [2.45, 2.75) is 13.8 Å². The van der Waals surface area contributed by atoms with Gasteiger partial charge in [-0.2, -0.15) is 5.10 Å². The van der Waals surface area contributed by atoms with E-state index in [1.165, 1.54) is 0 Å². The van der Waals surface area contributed by atoms with Crippen molar-refractivity contribution in [2.75, 3.05) is 5.32 Å². The van der Waals surface area contributed by atoms with Gasteiger partial charge in [-0.1, -0.05) is 24.3 Å². The number of rotatable bonds is 3. The zero-order chi connectivity index (χ0) is 20.5. The Labute approximate surface area is 174 Å². The molecule has 0 saturated heterocycles. The maximum absolute atomic E-state index is 4.97. The standard InChI is InChI=1S/C24H22N6/c1-3-11-30-15-22(16-5-6-18-14-26-29-21(18)13-16)28-24(23(30)4-2)27-19-7-8-20-17(12-19)9-10-25-20/h3-15,25H,1-2H3,(H,26,29)(H,27,28)/b11-3-,23-4?. The first-order valence-corrected chi connectivity index (χ1v) is 9.91. The largest absolute Gasteiger partial charge is 0.361 e. The lowest BCUT2D eigenvalue weighted by molar-refractivity contribution is 0.654. The van der Waals surface area contributed by atoms with Crippen molar-refractivity contribution in [3.8, 4) is 0 Å². The Morgan fingerprint density at radius 1 is 1.00 bits per heavy atom. The third-order valence-corrected chi connectivity index (χ3v) is 5.15. The van der Waals surface area contributed by atoms with Crippen LogP contribution in [0.3, 0.4) is 0 Å². The van der Waals surface area contributed by atoms with Crippen LogP contribution in [0, 0.1) is 0 Å². The fraction of sp³-hybridized carbons (Fsp3) is 0.0833. The molecule has 0 aliphatic carbocycles. The number of benzene rings is 2. The van der Waals surface area contributed by atoms with Gasteiger partial charge in [0.15, 0.2) is 5.84 Å². The number of aliphatic imine (C=N–C) groups is 1. The van der Waals surface area contributed by atoms with E-state index in [1.807, 2.05) is 44.7 Å². The first kappa shape index (κ1) is 18.0. The normalized spacial score (nSPS) is 15.9. The van der Waals surface area contributed by atoms with Crippen LogP contribution >= 0.6 is 0 Å². The third-order valence-electron chi connectivity index (χ3n) is 5.15.